The highest BCUT2D eigenvalue weighted by Crippen LogP contribution is 2.27. The summed E-state index contributed by atoms with van der Waals surface area (Å²) in [5.41, 5.74) is -0.846. The molecule has 0 aromatic carbocycles. The molecule has 74 valence electrons. The maximum absolute atomic E-state index is 11.9. The van der Waals surface area contributed by atoms with Gasteiger partial charge in [0.15, 0.2) is 0 Å². The summed E-state index contributed by atoms with van der Waals surface area (Å²) in [5.74, 6) is 0.169. The largest absolute Gasteiger partial charge is 0.419 e. The van der Waals surface area contributed by atoms with Crippen molar-refractivity contribution in [1.29, 1.82) is 0 Å². The molecule has 0 unspecified atom stereocenters. The fourth-order valence-corrected chi connectivity index (χ4v) is 0.604. The highest BCUT2D eigenvalue weighted by atomic mass is 35.5. The first kappa shape index (κ1) is 12.0. The molecule has 1 N–H and O–H groups in total. The Bertz CT molecular complexity index is 259. The monoisotopic (exact) mass is 213 g/mol. The molecule has 0 aliphatic carbocycles. The summed E-state index contributed by atoms with van der Waals surface area (Å²) in [6, 6.07) is 0. The van der Waals surface area contributed by atoms with E-state index in [1.54, 1.807) is 0 Å². The Labute approximate surface area is 78.8 Å². The number of nitrogens with one attached hydrogen (secondary N) is 1. The van der Waals surface area contributed by atoms with Gasteiger partial charge in [-0.05, 0) is 0 Å². The average molecular weight is 214 g/mol. The number of rotatable bonds is 1. The third-order valence-electron chi connectivity index (χ3n) is 1.20. The van der Waals surface area contributed by atoms with Crippen molar-refractivity contribution in [3.63, 3.8) is 0 Å². The van der Waals surface area contributed by atoms with Gasteiger partial charge >= 0.3 is 6.18 Å². The van der Waals surface area contributed by atoms with Gasteiger partial charge in [-0.15, -0.1) is 12.4 Å². The molecule has 1 heterocycles. The molecular weight excluding hydrogens is 207 g/mol. The molecule has 0 saturated heterocycles. The standard InChI is InChI=1S/C6H6F3N3.ClH/c1-10-5-11-2-4(3-12-5)6(7,8)9;/h2-3H,1H3,(H,10,11,12);1H. The fourth-order valence-electron chi connectivity index (χ4n) is 0.604. The SMILES string of the molecule is CNc1ncc(C(F)(F)F)cn1.Cl. The van der Waals surface area contributed by atoms with Crippen LogP contribution in [0.3, 0.4) is 0 Å². The van der Waals surface area contributed by atoms with Crippen LogP contribution in [0.4, 0.5) is 19.1 Å². The van der Waals surface area contributed by atoms with Crippen LogP contribution in [0.5, 0.6) is 0 Å². The highest BCUT2D eigenvalue weighted by molar-refractivity contribution is 5.85. The van der Waals surface area contributed by atoms with Crippen LogP contribution in [0.1, 0.15) is 5.56 Å². The summed E-state index contributed by atoms with van der Waals surface area (Å²) in [6.45, 7) is 0. The molecule has 1 aromatic heterocycles. The number of alkyl halides is 3. The number of aromatic nitrogens is 2. The lowest BCUT2D eigenvalue weighted by Gasteiger charge is -2.04. The summed E-state index contributed by atoms with van der Waals surface area (Å²) in [6.07, 6.45) is -2.90. The smallest absolute Gasteiger partial charge is 0.357 e. The number of hydrogen-bond donors (Lipinski definition) is 1. The van der Waals surface area contributed by atoms with Crippen LogP contribution in [-0.4, -0.2) is 17.0 Å². The van der Waals surface area contributed by atoms with Crippen molar-refractivity contribution in [2.45, 2.75) is 6.18 Å². The molecule has 3 nitrogen and oxygen atoms in total. The van der Waals surface area contributed by atoms with Crippen LogP contribution in [0, 0.1) is 0 Å². The van der Waals surface area contributed by atoms with Gasteiger partial charge in [0, 0.05) is 19.4 Å². The normalized spacial score (nSPS) is 10.5. The minimum absolute atomic E-state index is 0. The van der Waals surface area contributed by atoms with E-state index in [2.05, 4.69) is 15.3 Å². The second-order valence-electron chi connectivity index (χ2n) is 2.04. The second kappa shape index (κ2) is 4.27. The van der Waals surface area contributed by atoms with Gasteiger partial charge in [-0.1, -0.05) is 0 Å². The molecule has 0 bridgehead atoms. The second-order valence-corrected chi connectivity index (χ2v) is 2.04. The molecule has 0 saturated carbocycles. The van der Waals surface area contributed by atoms with Crippen LogP contribution in [-0.2, 0) is 6.18 Å². The Hall–Kier alpha value is -1.04. The molecule has 1 aromatic rings. The summed E-state index contributed by atoms with van der Waals surface area (Å²) in [4.78, 5) is 6.84. The minimum Gasteiger partial charge on any atom is -0.357 e. The van der Waals surface area contributed by atoms with Crippen LogP contribution in [0.15, 0.2) is 12.4 Å². The molecular formula is C6H7ClF3N3. The van der Waals surface area contributed by atoms with Gasteiger partial charge in [-0.2, -0.15) is 13.2 Å². The Kier molecular flexibility index (Phi) is 3.93. The molecule has 0 atom stereocenters. The highest BCUT2D eigenvalue weighted by Gasteiger charge is 2.31. The molecule has 0 spiro atoms. The minimum atomic E-state index is -4.37. The lowest BCUT2D eigenvalue weighted by Crippen LogP contribution is -2.07. The first-order valence-corrected chi connectivity index (χ1v) is 3.11. The summed E-state index contributed by atoms with van der Waals surface area (Å²) < 4.78 is 35.8. The zero-order valence-corrected chi connectivity index (χ0v) is 7.41. The van der Waals surface area contributed by atoms with Crippen molar-refractivity contribution >= 4 is 18.4 Å². The van der Waals surface area contributed by atoms with Crippen molar-refractivity contribution < 1.29 is 13.2 Å². The van der Waals surface area contributed by atoms with Gasteiger partial charge in [0.1, 0.15) is 0 Å². The maximum Gasteiger partial charge on any atom is 0.419 e. The zero-order chi connectivity index (χ0) is 9.19. The van der Waals surface area contributed by atoms with E-state index < -0.39 is 11.7 Å². The molecule has 0 aliphatic heterocycles. The molecule has 0 aliphatic rings. The lowest BCUT2D eigenvalue weighted by atomic mass is 10.3. The van der Waals surface area contributed by atoms with Gasteiger partial charge in [0.2, 0.25) is 5.95 Å². The van der Waals surface area contributed by atoms with E-state index in [1.165, 1.54) is 7.05 Å². The molecule has 13 heavy (non-hydrogen) atoms. The van der Waals surface area contributed by atoms with E-state index in [9.17, 15) is 13.2 Å². The molecule has 0 fully saturated rings. The van der Waals surface area contributed by atoms with Gasteiger partial charge in [-0.25, -0.2) is 9.97 Å². The van der Waals surface area contributed by atoms with Gasteiger partial charge in [0.05, 0.1) is 5.56 Å². The van der Waals surface area contributed by atoms with E-state index in [-0.39, 0.29) is 18.4 Å². The average Bonchev–Trinajstić information content (AvgIpc) is 2.03. The first-order valence-electron chi connectivity index (χ1n) is 3.11. The number of halogens is 4. The van der Waals surface area contributed by atoms with Crippen LogP contribution in [0.25, 0.3) is 0 Å². The number of nitrogens with zero attached hydrogens (tertiary/aromatic N) is 2. The third kappa shape index (κ3) is 3.06. The maximum atomic E-state index is 11.9. The Balaban J connectivity index is 0.00000144. The van der Waals surface area contributed by atoms with Crippen molar-refractivity contribution in [2.24, 2.45) is 0 Å². The third-order valence-corrected chi connectivity index (χ3v) is 1.20. The molecule has 1 rings (SSSR count). The van der Waals surface area contributed by atoms with E-state index in [0.29, 0.717) is 0 Å². The number of anilines is 1. The van der Waals surface area contributed by atoms with Crippen molar-refractivity contribution in [1.82, 2.24) is 9.97 Å². The van der Waals surface area contributed by atoms with E-state index in [1.807, 2.05) is 0 Å². The van der Waals surface area contributed by atoms with Crippen LogP contribution in [0.2, 0.25) is 0 Å². The fraction of sp³-hybridized carbons (Fsp3) is 0.333. The predicted octanol–water partition coefficient (Wildman–Crippen LogP) is 1.96. The summed E-state index contributed by atoms with van der Waals surface area (Å²) in [5, 5.41) is 2.52. The van der Waals surface area contributed by atoms with Gasteiger partial charge < -0.3 is 5.32 Å². The molecule has 0 amide bonds. The number of hydrogen-bond acceptors (Lipinski definition) is 3. The molecule has 0 radical (unpaired) electrons. The predicted molar refractivity (Wildman–Crippen MR) is 43.8 cm³/mol. The van der Waals surface area contributed by atoms with Gasteiger partial charge in [-0.3, -0.25) is 0 Å². The van der Waals surface area contributed by atoms with Crippen LogP contribution >= 0.6 is 12.4 Å². The Morgan fingerprint density at radius 1 is 1.23 bits per heavy atom. The topological polar surface area (TPSA) is 37.8 Å². The van der Waals surface area contributed by atoms with E-state index in [4.69, 9.17) is 0 Å². The van der Waals surface area contributed by atoms with E-state index >= 15 is 0 Å². The quantitative estimate of drug-likeness (QED) is 0.775. The first-order chi connectivity index (χ1) is 5.54. The van der Waals surface area contributed by atoms with Crippen molar-refractivity contribution in [2.75, 3.05) is 12.4 Å². The molecule has 7 heteroatoms. The summed E-state index contributed by atoms with van der Waals surface area (Å²) >= 11 is 0. The summed E-state index contributed by atoms with van der Waals surface area (Å²) in [7, 11) is 1.53. The lowest BCUT2D eigenvalue weighted by molar-refractivity contribution is -0.138. The van der Waals surface area contributed by atoms with Crippen LogP contribution < -0.4 is 5.32 Å². The Morgan fingerprint density at radius 3 is 2.00 bits per heavy atom. The van der Waals surface area contributed by atoms with Gasteiger partial charge in [0.25, 0.3) is 0 Å². The van der Waals surface area contributed by atoms with Crippen molar-refractivity contribution in [3.8, 4) is 0 Å². The van der Waals surface area contributed by atoms with E-state index in [0.717, 1.165) is 12.4 Å². The zero-order valence-electron chi connectivity index (χ0n) is 6.59. The Morgan fingerprint density at radius 2 is 1.69 bits per heavy atom. The van der Waals surface area contributed by atoms with Crippen molar-refractivity contribution in [3.05, 3.63) is 18.0 Å².